The fraction of sp³-hybridized carbons (Fsp3) is 0.500. The van der Waals surface area contributed by atoms with Crippen molar-refractivity contribution in [3.63, 3.8) is 0 Å². The molecule has 1 aromatic heterocycles. The summed E-state index contributed by atoms with van der Waals surface area (Å²) >= 11 is 0. The number of hydrogen-bond donors (Lipinski definition) is 3. The highest BCUT2D eigenvalue weighted by molar-refractivity contribution is 5.94. The molecular formula is C22H28FN5O6. The fourth-order valence-electron chi connectivity index (χ4n) is 4.25. The molecule has 11 nitrogen and oxygen atoms in total. The van der Waals surface area contributed by atoms with Gasteiger partial charge in [0.05, 0.1) is 18.1 Å². The molecule has 2 aromatic rings. The Bertz CT molecular complexity index is 1090. The van der Waals surface area contributed by atoms with Gasteiger partial charge in [-0.1, -0.05) is 31.2 Å². The minimum Gasteiger partial charge on any atom is -0.481 e. The molecule has 0 unspecified atom stereocenters. The van der Waals surface area contributed by atoms with Crippen molar-refractivity contribution in [2.75, 3.05) is 19.6 Å². The standard InChI is InChI=1S/C22H28FN5O6/c1-13(2)9-27(14-8-22(3,20(31)32)12-26(10-14)21(33)34)19(30)18-17(11-29)28(25-24-18)16-7-5-4-6-15(16)23/h4-7,13-14,29H,8-12H2,1-3H3,(H,31,32)(H,33,34)/t14-,22+/m0/s1. The molecule has 0 radical (unpaired) electrons. The number of halogens is 1. The van der Waals surface area contributed by atoms with Crippen molar-refractivity contribution in [2.24, 2.45) is 11.3 Å². The third-order valence-electron chi connectivity index (χ3n) is 5.90. The van der Waals surface area contributed by atoms with Gasteiger partial charge in [-0.05, 0) is 31.4 Å². The van der Waals surface area contributed by atoms with Crippen LogP contribution in [0, 0.1) is 17.2 Å². The maximum atomic E-state index is 14.3. The topological polar surface area (TPSA) is 149 Å². The van der Waals surface area contributed by atoms with Crippen LogP contribution in [-0.2, 0) is 11.4 Å². The van der Waals surface area contributed by atoms with Crippen LogP contribution in [0.2, 0.25) is 0 Å². The number of carboxylic acids is 1. The summed E-state index contributed by atoms with van der Waals surface area (Å²) in [4.78, 5) is 39.7. The Morgan fingerprint density at radius 2 is 1.94 bits per heavy atom. The van der Waals surface area contributed by atoms with E-state index in [1.54, 1.807) is 6.07 Å². The summed E-state index contributed by atoms with van der Waals surface area (Å²) in [5.41, 5.74) is -1.64. The van der Waals surface area contributed by atoms with Crippen molar-refractivity contribution in [3.8, 4) is 5.69 Å². The van der Waals surface area contributed by atoms with Crippen molar-refractivity contribution >= 4 is 18.0 Å². The maximum Gasteiger partial charge on any atom is 0.407 e. The van der Waals surface area contributed by atoms with Gasteiger partial charge in [0.1, 0.15) is 17.2 Å². The zero-order chi connectivity index (χ0) is 25.2. The summed E-state index contributed by atoms with van der Waals surface area (Å²) in [6.07, 6.45) is -1.25. The van der Waals surface area contributed by atoms with E-state index < -0.39 is 41.9 Å². The lowest BCUT2D eigenvalue weighted by molar-refractivity contribution is -0.152. The molecule has 0 spiro atoms. The number of carboxylic acid groups (broad SMARTS) is 2. The number of aliphatic hydroxyl groups is 1. The molecule has 3 rings (SSSR count). The van der Waals surface area contributed by atoms with Gasteiger partial charge in [0.2, 0.25) is 0 Å². The summed E-state index contributed by atoms with van der Waals surface area (Å²) in [5, 5.41) is 37.1. The number of rotatable bonds is 7. The molecule has 12 heteroatoms. The normalized spacial score (nSPS) is 20.4. The zero-order valence-electron chi connectivity index (χ0n) is 19.2. The second kappa shape index (κ2) is 9.75. The van der Waals surface area contributed by atoms with E-state index in [1.807, 2.05) is 13.8 Å². The fourth-order valence-corrected chi connectivity index (χ4v) is 4.25. The SMILES string of the molecule is CC(C)CN(C(=O)c1nnn(-c2ccccc2F)c1CO)[C@@H]1CN(C(=O)O)C[C@](C)(C(=O)O)C1. The first-order valence-corrected chi connectivity index (χ1v) is 10.8. The van der Waals surface area contributed by atoms with Gasteiger partial charge >= 0.3 is 12.1 Å². The molecule has 1 aliphatic heterocycles. The maximum absolute atomic E-state index is 14.3. The number of aliphatic hydroxyl groups excluding tert-OH is 1. The predicted molar refractivity (Wildman–Crippen MR) is 117 cm³/mol. The van der Waals surface area contributed by atoms with Gasteiger partial charge in [-0.25, -0.2) is 13.9 Å². The van der Waals surface area contributed by atoms with E-state index in [9.17, 15) is 34.1 Å². The van der Waals surface area contributed by atoms with Gasteiger partial charge < -0.3 is 25.1 Å². The van der Waals surface area contributed by atoms with Gasteiger partial charge in [-0.3, -0.25) is 9.59 Å². The average Bonchev–Trinajstić information content (AvgIpc) is 3.20. The molecule has 0 saturated carbocycles. The first-order valence-electron chi connectivity index (χ1n) is 10.8. The Hall–Kier alpha value is -3.54. The van der Waals surface area contributed by atoms with E-state index in [0.29, 0.717) is 0 Å². The number of para-hydroxylation sites is 1. The van der Waals surface area contributed by atoms with Crippen LogP contribution in [0.25, 0.3) is 5.69 Å². The Labute approximate surface area is 195 Å². The van der Waals surface area contributed by atoms with Gasteiger partial charge in [0.25, 0.3) is 5.91 Å². The number of piperidine rings is 1. The molecule has 3 N–H and O–H groups in total. The second-order valence-electron chi connectivity index (χ2n) is 9.14. The van der Waals surface area contributed by atoms with Crippen molar-refractivity contribution in [1.82, 2.24) is 24.8 Å². The molecule has 2 heterocycles. The molecule has 34 heavy (non-hydrogen) atoms. The number of carbonyl (C=O) groups is 3. The Morgan fingerprint density at radius 3 is 2.50 bits per heavy atom. The number of aliphatic carboxylic acids is 1. The van der Waals surface area contributed by atoms with Crippen LogP contribution in [0.3, 0.4) is 0 Å². The van der Waals surface area contributed by atoms with Crippen molar-refractivity contribution < 1.29 is 34.1 Å². The number of hydrogen-bond acceptors (Lipinski definition) is 6. The lowest BCUT2D eigenvalue weighted by Gasteiger charge is -2.45. The first-order chi connectivity index (χ1) is 16.0. The van der Waals surface area contributed by atoms with Crippen LogP contribution in [0.4, 0.5) is 9.18 Å². The van der Waals surface area contributed by atoms with Crippen LogP contribution in [0.15, 0.2) is 24.3 Å². The number of aromatic nitrogens is 3. The van der Waals surface area contributed by atoms with Crippen molar-refractivity contribution in [3.05, 3.63) is 41.5 Å². The molecule has 0 bridgehead atoms. The van der Waals surface area contributed by atoms with Crippen LogP contribution in [0.1, 0.15) is 43.4 Å². The van der Waals surface area contributed by atoms with Crippen LogP contribution >= 0.6 is 0 Å². The monoisotopic (exact) mass is 477 g/mol. The number of benzene rings is 1. The highest BCUT2D eigenvalue weighted by Gasteiger charge is 2.46. The molecule has 2 amide bonds. The predicted octanol–water partition coefficient (Wildman–Crippen LogP) is 1.84. The second-order valence-corrected chi connectivity index (χ2v) is 9.14. The summed E-state index contributed by atoms with van der Waals surface area (Å²) in [5.74, 6) is -2.48. The lowest BCUT2D eigenvalue weighted by atomic mass is 9.79. The highest BCUT2D eigenvalue weighted by Crippen LogP contribution is 2.33. The molecule has 1 aromatic carbocycles. The number of nitrogens with zero attached hydrogens (tertiary/aromatic N) is 5. The Morgan fingerprint density at radius 1 is 1.26 bits per heavy atom. The van der Waals surface area contributed by atoms with Crippen molar-refractivity contribution in [1.29, 1.82) is 0 Å². The minimum atomic E-state index is -1.40. The molecule has 1 saturated heterocycles. The minimum absolute atomic E-state index is 0.00156. The number of carbonyl (C=O) groups excluding carboxylic acids is 1. The third-order valence-corrected chi connectivity index (χ3v) is 5.90. The van der Waals surface area contributed by atoms with E-state index in [1.165, 1.54) is 30.0 Å². The summed E-state index contributed by atoms with van der Waals surface area (Å²) in [6.45, 7) is 4.41. The van der Waals surface area contributed by atoms with Crippen LogP contribution < -0.4 is 0 Å². The smallest absolute Gasteiger partial charge is 0.407 e. The molecule has 0 aliphatic carbocycles. The van der Waals surface area contributed by atoms with E-state index in [0.717, 1.165) is 9.58 Å². The Kier molecular flexibility index (Phi) is 7.20. The van der Waals surface area contributed by atoms with Gasteiger partial charge in [0.15, 0.2) is 5.69 Å². The molecule has 184 valence electrons. The molecule has 2 atom stereocenters. The van der Waals surface area contributed by atoms with E-state index in [2.05, 4.69) is 10.3 Å². The largest absolute Gasteiger partial charge is 0.481 e. The highest BCUT2D eigenvalue weighted by atomic mass is 19.1. The van der Waals surface area contributed by atoms with E-state index in [4.69, 9.17) is 0 Å². The summed E-state index contributed by atoms with van der Waals surface area (Å²) in [7, 11) is 0. The summed E-state index contributed by atoms with van der Waals surface area (Å²) in [6, 6.07) is 4.93. The van der Waals surface area contributed by atoms with Gasteiger partial charge in [-0.2, -0.15) is 0 Å². The quantitative estimate of drug-likeness (QED) is 0.547. The van der Waals surface area contributed by atoms with Gasteiger partial charge in [0, 0.05) is 19.6 Å². The molecule has 1 aliphatic rings. The van der Waals surface area contributed by atoms with Gasteiger partial charge in [-0.15, -0.1) is 5.10 Å². The lowest BCUT2D eigenvalue weighted by Crippen LogP contribution is -2.59. The molecule has 1 fully saturated rings. The first kappa shape index (κ1) is 25.1. The van der Waals surface area contributed by atoms with Crippen molar-refractivity contribution in [2.45, 2.75) is 39.8 Å². The summed E-state index contributed by atoms with van der Waals surface area (Å²) < 4.78 is 15.4. The third kappa shape index (κ3) is 4.86. The Balaban J connectivity index is 2.03. The van der Waals surface area contributed by atoms with Crippen LogP contribution in [-0.4, -0.2) is 83.8 Å². The number of likely N-dealkylation sites (tertiary alicyclic amines) is 1. The number of amides is 2. The van der Waals surface area contributed by atoms with E-state index >= 15 is 0 Å². The zero-order valence-corrected chi connectivity index (χ0v) is 19.2. The van der Waals surface area contributed by atoms with Crippen LogP contribution in [0.5, 0.6) is 0 Å². The molecular weight excluding hydrogens is 449 g/mol. The average molecular weight is 477 g/mol. The van der Waals surface area contributed by atoms with E-state index in [-0.39, 0.29) is 49.0 Å².